The number of thioether (sulfide) groups is 2. The highest BCUT2D eigenvalue weighted by molar-refractivity contribution is 8.01. The van der Waals surface area contributed by atoms with Crippen molar-refractivity contribution < 1.29 is 19.5 Å². The minimum atomic E-state index is -1.18. The molecule has 0 radical (unpaired) electrons. The highest BCUT2D eigenvalue weighted by Crippen LogP contribution is 2.41. The first-order chi connectivity index (χ1) is 15.3. The van der Waals surface area contributed by atoms with Gasteiger partial charge < -0.3 is 16.2 Å². The highest BCUT2D eigenvalue weighted by Gasteiger charge is 2.54. The van der Waals surface area contributed by atoms with Crippen molar-refractivity contribution in [3.63, 3.8) is 0 Å². The van der Waals surface area contributed by atoms with E-state index in [9.17, 15) is 19.5 Å². The fourth-order valence-corrected chi connectivity index (χ4v) is 5.95. The number of carbonyl (C=O) groups is 3. The fourth-order valence-electron chi connectivity index (χ4n) is 3.61. The summed E-state index contributed by atoms with van der Waals surface area (Å²) in [6, 6.07) is 6.28. The summed E-state index contributed by atoms with van der Waals surface area (Å²) in [5, 5.41) is 23.8. The molecular formula is C19H21N7O4S2. The largest absolute Gasteiger partial charge is 0.477 e. The van der Waals surface area contributed by atoms with E-state index in [4.69, 9.17) is 5.73 Å². The molecule has 2 unspecified atom stereocenters. The summed E-state index contributed by atoms with van der Waals surface area (Å²) in [4.78, 5) is 38.8. The Bertz CT molecular complexity index is 1120. The van der Waals surface area contributed by atoms with Crippen LogP contribution in [0.3, 0.4) is 0 Å². The molecule has 1 aromatic heterocycles. The third kappa shape index (κ3) is 3.93. The molecule has 32 heavy (non-hydrogen) atoms. The number of nitrogens with one attached hydrogen (secondary N) is 1. The van der Waals surface area contributed by atoms with Crippen LogP contribution in [-0.2, 0) is 21.4 Å². The molecule has 4 rings (SSSR count). The van der Waals surface area contributed by atoms with Gasteiger partial charge in [-0.05, 0) is 34.6 Å². The maximum Gasteiger partial charge on any atom is 0.352 e. The number of nitrogens with zero attached hydrogens (tertiary/aromatic N) is 5. The number of rotatable bonds is 7. The molecule has 1 aromatic carbocycles. The van der Waals surface area contributed by atoms with E-state index in [1.165, 1.54) is 33.1 Å². The number of carbonyl (C=O) groups excluding carboxylic acids is 2. The number of para-hydroxylation sites is 1. The molecule has 1 saturated heterocycles. The Kier molecular flexibility index (Phi) is 6.11. The molecule has 11 nitrogen and oxygen atoms in total. The molecule has 2 aliphatic rings. The number of hydrogen-bond acceptors (Lipinski definition) is 9. The summed E-state index contributed by atoms with van der Waals surface area (Å²) in [6.45, 7) is 1.72. The van der Waals surface area contributed by atoms with E-state index in [1.807, 2.05) is 0 Å². The van der Waals surface area contributed by atoms with Gasteiger partial charge in [-0.15, -0.1) is 16.9 Å². The number of fused-ring (bicyclic) bond motifs is 1. The summed E-state index contributed by atoms with van der Waals surface area (Å²) >= 11 is 2.72. The monoisotopic (exact) mass is 475 g/mol. The number of nitrogen functional groups attached to an aromatic ring is 1. The predicted octanol–water partition coefficient (Wildman–Crippen LogP) is 0.427. The van der Waals surface area contributed by atoms with E-state index in [-0.39, 0.29) is 11.6 Å². The van der Waals surface area contributed by atoms with E-state index in [0.717, 1.165) is 0 Å². The number of tetrazole rings is 1. The molecule has 0 bridgehead atoms. The standard InChI is InChI=1S/C19H21N7O4S2/c1-9(11-5-3-4-6-12(11)20)15(27)21-13-16(28)26-14(18(29)30)10(7-31-17(13)26)8-32-19-22-23-24-25(19)2/h3-6,9,13,17H,7-8,20H2,1-2H3,(H,21,27)(H,29,30)/t9?,13?,17-/m1/s1. The third-order valence-electron chi connectivity index (χ3n) is 5.36. The Morgan fingerprint density at radius 3 is 2.81 bits per heavy atom. The Morgan fingerprint density at radius 1 is 1.41 bits per heavy atom. The lowest BCUT2D eigenvalue weighted by Crippen LogP contribution is -2.70. The van der Waals surface area contributed by atoms with Crippen molar-refractivity contribution in [1.29, 1.82) is 0 Å². The molecule has 0 saturated carbocycles. The van der Waals surface area contributed by atoms with Crippen LogP contribution in [0.25, 0.3) is 0 Å². The highest BCUT2D eigenvalue weighted by atomic mass is 32.2. The zero-order valence-corrected chi connectivity index (χ0v) is 18.9. The van der Waals surface area contributed by atoms with Crippen LogP contribution in [0.2, 0.25) is 0 Å². The second kappa shape index (κ2) is 8.82. The first-order valence-corrected chi connectivity index (χ1v) is 11.7. The van der Waals surface area contributed by atoms with Gasteiger partial charge in [0.1, 0.15) is 17.1 Å². The van der Waals surface area contributed by atoms with Crippen molar-refractivity contribution in [2.24, 2.45) is 7.05 Å². The van der Waals surface area contributed by atoms with Crippen LogP contribution in [0.1, 0.15) is 18.4 Å². The quantitative estimate of drug-likeness (QED) is 0.291. The second-order valence-electron chi connectivity index (χ2n) is 7.38. The lowest BCUT2D eigenvalue weighted by atomic mass is 9.96. The van der Waals surface area contributed by atoms with Crippen LogP contribution < -0.4 is 11.1 Å². The van der Waals surface area contributed by atoms with Gasteiger partial charge in [-0.3, -0.25) is 14.5 Å². The van der Waals surface area contributed by atoms with Crippen molar-refractivity contribution in [3.05, 3.63) is 41.1 Å². The van der Waals surface area contributed by atoms with Gasteiger partial charge in [-0.2, -0.15) is 0 Å². The summed E-state index contributed by atoms with van der Waals surface area (Å²) in [5.74, 6) is -1.75. The Hall–Kier alpha value is -3.06. The van der Waals surface area contributed by atoms with Gasteiger partial charge >= 0.3 is 5.97 Å². The third-order valence-corrected chi connectivity index (χ3v) is 7.80. The fraction of sp³-hybridized carbons (Fsp3) is 0.368. The number of amides is 2. The molecule has 2 aromatic rings. The number of anilines is 1. The summed E-state index contributed by atoms with van der Waals surface area (Å²) in [5.41, 5.74) is 7.71. The van der Waals surface area contributed by atoms with Crippen molar-refractivity contribution >= 4 is 47.0 Å². The van der Waals surface area contributed by atoms with Crippen molar-refractivity contribution in [3.8, 4) is 0 Å². The molecule has 1 fully saturated rings. The molecular weight excluding hydrogens is 454 g/mol. The zero-order chi connectivity index (χ0) is 23.0. The van der Waals surface area contributed by atoms with Crippen LogP contribution in [0, 0.1) is 0 Å². The number of carboxylic acids is 1. The van der Waals surface area contributed by atoms with Crippen LogP contribution in [0.4, 0.5) is 5.69 Å². The average Bonchev–Trinajstić information content (AvgIpc) is 3.19. The number of hydrogen-bond donors (Lipinski definition) is 3. The number of benzene rings is 1. The smallest absolute Gasteiger partial charge is 0.352 e. The molecule has 168 valence electrons. The van der Waals surface area contributed by atoms with E-state index in [1.54, 1.807) is 38.2 Å². The second-order valence-corrected chi connectivity index (χ2v) is 9.43. The first kappa shape index (κ1) is 22.1. The van der Waals surface area contributed by atoms with Gasteiger partial charge in [0.25, 0.3) is 5.91 Å². The average molecular weight is 476 g/mol. The van der Waals surface area contributed by atoms with Gasteiger partial charge in [0.05, 0.1) is 5.92 Å². The number of carboxylic acid groups (broad SMARTS) is 1. The Morgan fingerprint density at radius 2 is 2.16 bits per heavy atom. The van der Waals surface area contributed by atoms with E-state index in [0.29, 0.717) is 33.5 Å². The maximum atomic E-state index is 12.8. The van der Waals surface area contributed by atoms with Crippen LogP contribution in [-0.4, -0.2) is 70.9 Å². The Labute approximate surface area is 191 Å². The lowest BCUT2D eigenvalue weighted by Gasteiger charge is -2.49. The van der Waals surface area contributed by atoms with Gasteiger partial charge in [-0.1, -0.05) is 30.0 Å². The van der Waals surface area contributed by atoms with E-state index >= 15 is 0 Å². The van der Waals surface area contributed by atoms with Gasteiger partial charge in [0.2, 0.25) is 11.1 Å². The molecule has 2 amide bonds. The van der Waals surface area contributed by atoms with Crippen molar-refractivity contribution in [1.82, 2.24) is 30.4 Å². The number of aromatic nitrogens is 4. The van der Waals surface area contributed by atoms with Crippen LogP contribution in [0.15, 0.2) is 40.7 Å². The van der Waals surface area contributed by atoms with Gasteiger partial charge in [0, 0.05) is 24.2 Å². The molecule has 3 heterocycles. The summed E-state index contributed by atoms with van der Waals surface area (Å²) < 4.78 is 1.49. The molecule has 0 spiro atoms. The minimum Gasteiger partial charge on any atom is -0.477 e. The van der Waals surface area contributed by atoms with E-state index < -0.39 is 29.2 Å². The predicted molar refractivity (Wildman–Crippen MR) is 118 cm³/mol. The summed E-state index contributed by atoms with van der Waals surface area (Å²) in [7, 11) is 1.69. The number of aliphatic carboxylic acids is 1. The number of β-lactam (4-membered cyclic amide) rings is 1. The van der Waals surface area contributed by atoms with Crippen molar-refractivity contribution in [2.75, 3.05) is 17.2 Å². The lowest BCUT2D eigenvalue weighted by molar-refractivity contribution is -0.150. The number of nitrogens with two attached hydrogens (primary N) is 1. The zero-order valence-electron chi connectivity index (χ0n) is 17.3. The minimum absolute atomic E-state index is 0.0350. The Balaban J connectivity index is 1.47. The van der Waals surface area contributed by atoms with Crippen molar-refractivity contribution in [2.45, 2.75) is 29.4 Å². The van der Waals surface area contributed by atoms with Gasteiger partial charge in [0.15, 0.2) is 0 Å². The van der Waals surface area contributed by atoms with Gasteiger partial charge in [-0.25, -0.2) is 9.48 Å². The first-order valence-electron chi connectivity index (χ1n) is 9.69. The maximum absolute atomic E-state index is 12.8. The van der Waals surface area contributed by atoms with Crippen LogP contribution >= 0.6 is 23.5 Å². The SMILES string of the molecule is CC(C(=O)NC1C(=O)N2C(C(=O)O)=C(CSc3nnnn3C)CS[C@H]12)c1ccccc1N. The molecule has 2 aliphatic heterocycles. The normalized spacial score (nSPS) is 21.1. The molecule has 13 heteroatoms. The van der Waals surface area contributed by atoms with E-state index in [2.05, 4.69) is 20.8 Å². The number of aryl methyl sites for hydroxylation is 1. The molecule has 3 atom stereocenters. The summed E-state index contributed by atoms with van der Waals surface area (Å²) in [6.07, 6.45) is 0. The molecule has 4 N–H and O–H groups in total. The molecule has 0 aliphatic carbocycles. The van der Waals surface area contributed by atoms with Crippen LogP contribution in [0.5, 0.6) is 0 Å². The topological polar surface area (TPSA) is 156 Å².